The van der Waals surface area contributed by atoms with Gasteiger partial charge in [0.05, 0.1) is 17.1 Å². The first-order valence-corrected chi connectivity index (χ1v) is 8.74. The van der Waals surface area contributed by atoms with Gasteiger partial charge >= 0.3 is 5.69 Å². The van der Waals surface area contributed by atoms with Crippen molar-refractivity contribution in [1.29, 1.82) is 0 Å². The molecule has 0 aromatic carbocycles. The van der Waals surface area contributed by atoms with E-state index in [1.807, 2.05) is 22.4 Å². The molecule has 1 aliphatic rings. The van der Waals surface area contributed by atoms with Crippen molar-refractivity contribution in [3.05, 3.63) is 45.4 Å². The zero-order valence-electron chi connectivity index (χ0n) is 13.3. The smallest absolute Gasteiger partial charge is 0.330 e. The normalized spacial score (nSPS) is 18.2. The fourth-order valence-corrected chi connectivity index (χ4v) is 4.02. The molecule has 1 atom stereocenters. The third kappa shape index (κ3) is 2.34. The van der Waals surface area contributed by atoms with Gasteiger partial charge in [-0.2, -0.15) is 0 Å². The quantitative estimate of drug-likeness (QED) is 0.709. The van der Waals surface area contributed by atoms with E-state index in [1.54, 1.807) is 22.4 Å². The van der Waals surface area contributed by atoms with Crippen LogP contribution < -0.4 is 5.69 Å². The Morgan fingerprint density at radius 1 is 1.42 bits per heavy atom. The van der Waals surface area contributed by atoms with Crippen LogP contribution in [0.2, 0.25) is 0 Å². The second-order valence-corrected chi connectivity index (χ2v) is 6.92. The topological polar surface area (TPSA) is 73.0 Å². The van der Waals surface area contributed by atoms with Crippen molar-refractivity contribution in [3.8, 4) is 0 Å². The summed E-state index contributed by atoms with van der Waals surface area (Å²) in [5.41, 5.74) is 1.23. The molecular weight excluding hydrogens is 326 g/mol. The van der Waals surface area contributed by atoms with Gasteiger partial charge in [0.25, 0.3) is 5.91 Å². The van der Waals surface area contributed by atoms with E-state index in [0.717, 1.165) is 24.3 Å². The summed E-state index contributed by atoms with van der Waals surface area (Å²) in [6, 6.07) is 3.66. The van der Waals surface area contributed by atoms with E-state index in [-0.39, 0.29) is 17.6 Å². The minimum absolute atomic E-state index is 0.0395. The highest BCUT2D eigenvalue weighted by Gasteiger charge is 2.29. The van der Waals surface area contributed by atoms with Gasteiger partial charge in [-0.15, -0.1) is 11.3 Å². The molecule has 1 amide bonds. The van der Waals surface area contributed by atoms with Crippen LogP contribution in [-0.2, 0) is 7.05 Å². The number of hydrogen-bond acceptors (Lipinski definition) is 5. The molecule has 0 radical (unpaired) electrons. The van der Waals surface area contributed by atoms with Crippen molar-refractivity contribution >= 4 is 28.4 Å². The third-order valence-electron chi connectivity index (χ3n) is 4.54. The molecule has 0 spiro atoms. The summed E-state index contributed by atoms with van der Waals surface area (Å²) in [6.45, 7) is 1.25. The highest BCUT2D eigenvalue weighted by Crippen LogP contribution is 2.25. The summed E-state index contributed by atoms with van der Waals surface area (Å²) in [5.74, 6) is 0.0395. The van der Waals surface area contributed by atoms with Gasteiger partial charge in [0.15, 0.2) is 5.65 Å². The van der Waals surface area contributed by atoms with Gasteiger partial charge in [-0.05, 0) is 24.3 Å². The molecule has 3 aromatic heterocycles. The van der Waals surface area contributed by atoms with Crippen molar-refractivity contribution < 1.29 is 4.79 Å². The lowest BCUT2D eigenvalue weighted by Gasteiger charge is -2.32. The van der Waals surface area contributed by atoms with Crippen LogP contribution in [0.15, 0.2) is 34.8 Å². The van der Waals surface area contributed by atoms with Crippen LogP contribution >= 0.6 is 11.3 Å². The summed E-state index contributed by atoms with van der Waals surface area (Å²) in [7, 11) is 1.72. The molecule has 3 aromatic rings. The van der Waals surface area contributed by atoms with Crippen molar-refractivity contribution in [2.24, 2.45) is 7.05 Å². The van der Waals surface area contributed by atoms with E-state index in [9.17, 15) is 9.59 Å². The third-order valence-corrected chi connectivity index (χ3v) is 5.39. The van der Waals surface area contributed by atoms with Crippen LogP contribution in [0.5, 0.6) is 0 Å². The lowest BCUT2D eigenvalue weighted by molar-refractivity contribution is 0.0684. The van der Waals surface area contributed by atoms with E-state index in [0.29, 0.717) is 17.7 Å². The number of nitrogens with zero attached hydrogens (tertiary/aromatic N) is 5. The molecule has 1 saturated heterocycles. The first kappa shape index (κ1) is 15.1. The number of hydrogen-bond donors (Lipinski definition) is 0. The first-order valence-electron chi connectivity index (χ1n) is 7.86. The second-order valence-electron chi connectivity index (χ2n) is 5.97. The number of rotatable bonds is 2. The van der Waals surface area contributed by atoms with E-state index in [1.165, 1.54) is 17.7 Å². The standard InChI is InChI=1S/C16H17N5O2S/c1-19-12-8-17-10-18-14(12)21(16(19)23)11-4-2-6-20(9-11)15(22)13-5-3-7-24-13/h3,5,7-8,10-11H,2,4,6,9H2,1H3/t11-/m0/s1. The van der Waals surface area contributed by atoms with E-state index in [4.69, 9.17) is 0 Å². The Morgan fingerprint density at radius 3 is 3.08 bits per heavy atom. The first-order chi connectivity index (χ1) is 11.7. The maximum atomic E-state index is 12.6. The highest BCUT2D eigenvalue weighted by atomic mass is 32.1. The fraction of sp³-hybridized carbons (Fsp3) is 0.375. The average molecular weight is 343 g/mol. The number of piperidine rings is 1. The molecule has 124 valence electrons. The van der Waals surface area contributed by atoms with Crippen LogP contribution in [0.1, 0.15) is 28.6 Å². The second kappa shape index (κ2) is 5.86. The molecule has 8 heteroatoms. The highest BCUT2D eigenvalue weighted by molar-refractivity contribution is 7.12. The average Bonchev–Trinajstić information content (AvgIpc) is 3.23. The number of fused-ring (bicyclic) bond motifs is 1. The lowest BCUT2D eigenvalue weighted by Crippen LogP contribution is -2.42. The predicted molar refractivity (Wildman–Crippen MR) is 91.3 cm³/mol. The van der Waals surface area contributed by atoms with Gasteiger partial charge in [-0.1, -0.05) is 6.07 Å². The van der Waals surface area contributed by atoms with Crippen LogP contribution in [0.25, 0.3) is 11.2 Å². The maximum Gasteiger partial charge on any atom is 0.330 e. The Morgan fingerprint density at radius 2 is 2.29 bits per heavy atom. The Balaban J connectivity index is 1.69. The predicted octanol–water partition coefficient (Wildman–Crippen LogP) is 1.67. The number of carbonyl (C=O) groups is 1. The molecule has 0 aliphatic carbocycles. The summed E-state index contributed by atoms with van der Waals surface area (Å²) >= 11 is 1.45. The fourth-order valence-electron chi connectivity index (χ4n) is 3.33. The minimum atomic E-state index is -0.110. The van der Waals surface area contributed by atoms with Crippen molar-refractivity contribution in [1.82, 2.24) is 24.0 Å². The molecule has 7 nitrogen and oxygen atoms in total. The summed E-state index contributed by atoms with van der Waals surface area (Å²) in [5, 5.41) is 1.90. The zero-order valence-corrected chi connectivity index (χ0v) is 14.1. The Bertz CT molecular complexity index is 943. The number of imidazole rings is 1. The van der Waals surface area contributed by atoms with Gasteiger partial charge in [0.1, 0.15) is 11.8 Å². The van der Waals surface area contributed by atoms with Gasteiger partial charge in [-0.25, -0.2) is 14.8 Å². The summed E-state index contributed by atoms with van der Waals surface area (Å²) < 4.78 is 3.28. The lowest BCUT2D eigenvalue weighted by atomic mass is 10.1. The van der Waals surface area contributed by atoms with E-state index in [2.05, 4.69) is 9.97 Å². The number of carbonyl (C=O) groups excluding carboxylic acids is 1. The number of amides is 1. The molecule has 0 unspecified atom stereocenters. The number of likely N-dealkylation sites (tertiary alicyclic amines) is 1. The van der Waals surface area contributed by atoms with E-state index >= 15 is 0 Å². The van der Waals surface area contributed by atoms with Crippen molar-refractivity contribution in [2.45, 2.75) is 18.9 Å². The monoisotopic (exact) mass is 343 g/mol. The number of thiophene rings is 1. The summed E-state index contributed by atoms with van der Waals surface area (Å²) in [4.78, 5) is 36.1. The Hall–Kier alpha value is -2.48. The molecule has 1 aliphatic heterocycles. The largest absolute Gasteiger partial charge is 0.336 e. The van der Waals surface area contributed by atoms with Gasteiger partial charge in [-0.3, -0.25) is 13.9 Å². The minimum Gasteiger partial charge on any atom is -0.336 e. The number of aromatic nitrogens is 4. The Labute approximate surface area is 142 Å². The van der Waals surface area contributed by atoms with Crippen LogP contribution in [-0.4, -0.2) is 43.0 Å². The van der Waals surface area contributed by atoms with Gasteiger partial charge in [0, 0.05) is 20.1 Å². The molecule has 1 fully saturated rings. The van der Waals surface area contributed by atoms with Crippen molar-refractivity contribution in [2.75, 3.05) is 13.1 Å². The molecule has 0 N–H and O–H groups in total. The van der Waals surface area contributed by atoms with Crippen LogP contribution in [0.3, 0.4) is 0 Å². The number of aryl methyl sites for hydroxylation is 1. The SMILES string of the molecule is Cn1c(=O)n([C@H]2CCCN(C(=O)c3cccs3)C2)c2ncncc21. The summed E-state index contributed by atoms with van der Waals surface area (Å²) in [6.07, 6.45) is 4.83. The van der Waals surface area contributed by atoms with Gasteiger partial charge in [0.2, 0.25) is 0 Å². The van der Waals surface area contributed by atoms with Crippen LogP contribution in [0, 0.1) is 0 Å². The van der Waals surface area contributed by atoms with Gasteiger partial charge < -0.3 is 4.90 Å². The zero-order chi connectivity index (χ0) is 16.7. The van der Waals surface area contributed by atoms with Crippen LogP contribution in [0.4, 0.5) is 0 Å². The molecule has 0 saturated carbocycles. The molecule has 4 rings (SSSR count). The molecule has 4 heterocycles. The molecular formula is C16H17N5O2S. The maximum absolute atomic E-state index is 12.6. The molecule has 0 bridgehead atoms. The molecule has 24 heavy (non-hydrogen) atoms. The Kier molecular flexibility index (Phi) is 3.68. The van der Waals surface area contributed by atoms with E-state index < -0.39 is 0 Å². The van der Waals surface area contributed by atoms with Crippen molar-refractivity contribution in [3.63, 3.8) is 0 Å².